The monoisotopic (exact) mass is 763 g/mol. The van der Waals surface area contributed by atoms with Crippen molar-refractivity contribution >= 4 is 50.7 Å². The van der Waals surface area contributed by atoms with E-state index in [4.69, 9.17) is 5.73 Å². The summed E-state index contributed by atoms with van der Waals surface area (Å²) in [6, 6.07) is 13.9. The number of hydrogen-bond donors (Lipinski definition) is 4. The normalized spacial score (nSPS) is 16.9. The molecule has 2 aromatic heterocycles. The number of halogens is 4. The Labute approximate surface area is 318 Å². The molecule has 2 aromatic carbocycles. The van der Waals surface area contributed by atoms with Gasteiger partial charge in [-0.1, -0.05) is 69.3 Å². The highest BCUT2D eigenvalue weighted by molar-refractivity contribution is 6.00. The Hall–Kier alpha value is -5.17. The predicted molar refractivity (Wildman–Crippen MR) is 208 cm³/mol. The number of carbonyl (C=O) groups is 3. The molecule has 2 aliphatic carbocycles. The predicted octanol–water partition coefficient (Wildman–Crippen LogP) is 8.40. The van der Waals surface area contributed by atoms with Crippen LogP contribution >= 0.6 is 0 Å². The molecule has 2 unspecified atom stereocenters. The number of aliphatic hydroxyl groups is 1. The number of amides is 3. The van der Waals surface area contributed by atoms with Gasteiger partial charge in [0.05, 0.1) is 34.8 Å². The standard InChI is InChI=1S/C20H21F2N3O2.C20H22F2N2O2.C2H6/c1-12(9-17(23)26)25-19(27)15-10-14-3-2-4-16(18(14)24-11-15)13-5-7-20(21,22)8-6-13;1-2-16(12-25)24-19(26)15-10-14-4-3-5-17(18(14)23-11-15)13-6-8-20(21,22)9-7-13;1-2/h2-5,10-12H,6-9H2,1H3,(H2,23,26)(H,25,27);3-6,10-11,16,25H,2,7-9,12H2,1H3,(H,24,26);1-2H3. The molecule has 13 heteroatoms. The maximum atomic E-state index is 13.4. The van der Waals surface area contributed by atoms with E-state index >= 15 is 0 Å². The van der Waals surface area contributed by atoms with Gasteiger partial charge in [0.2, 0.25) is 5.91 Å². The van der Waals surface area contributed by atoms with E-state index in [9.17, 15) is 37.1 Å². The largest absolute Gasteiger partial charge is 0.394 e. The first-order chi connectivity index (χ1) is 26.2. The lowest BCUT2D eigenvalue weighted by molar-refractivity contribution is -0.118. The van der Waals surface area contributed by atoms with Crippen LogP contribution in [0.15, 0.2) is 73.1 Å². The Morgan fingerprint density at radius 1 is 0.800 bits per heavy atom. The Bertz CT molecular complexity index is 2060. The van der Waals surface area contributed by atoms with Crippen molar-refractivity contribution in [2.75, 3.05) is 6.61 Å². The maximum absolute atomic E-state index is 13.4. The molecular formula is C42H49F4N5O4. The maximum Gasteiger partial charge on any atom is 0.253 e. The van der Waals surface area contributed by atoms with Crippen molar-refractivity contribution in [1.82, 2.24) is 20.6 Å². The average Bonchev–Trinajstić information content (AvgIpc) is 3.16. The second kappa shape index (κ2) is 18.9. The molecule has 55 heavy (non-hydrogen) atoms. The van der Waals surface area contributed by atoms with Gasteiger partial charge in [-0.2, -0.15) is 0 Å². The fraction of sp³-hybridized carbons (Fsp3) is 0.405. The van der Waals surface area contributed by atoms with Gasteiger partial charge >= 0.3 is 0 Å². The Morgan fingerprint density at radius 2 is 1.25 bits per heavy atom. The molecule has 0 spiro atoms. The summed E-state index contributed by atoms with van der Waals surface area (Å²) in [5, 5.41) is 16.2. The minimum Gasteiger partial charge on any atom is -0.394 e. The first-order valence-electron chi connectivity index (χ1n) is 18.6. The summed E-state index contributed by atoms with van der Waals surface area (Å²) in [5.41, 5.74) is 10.7. The number of allylic oxidation sites excluding steroid dienone is 4. The molecule has 0 fully saturated rings. The van der Waals surface area contributed by atoms with Crippen LogP contribution in [0, 0.1) is 0 Å². The Morgan fingerprint density at radius 3 is 1.64 bits per heavy atom. The van der Waals surface area contributed by atoms with Crippen molar-refractivity contribution in [2.24, 2.45) is 5.73 Å². The van der Waals surface area contributed by atoms with Gasteiger partial charge in [-0.15, -0.1) is 0 Å². The van der Waals surface area contributed by atoms with Crippen LogP contribution in [-0.2, 0) is 4.79 Å². The third kappa shape index (κ3) is 11.4. The van der Waals surface area contributed by atoms with Gasteiger partial charge in [0, 0.05) is 72.4 Å². The van der Waals surface area contributed by atoms with Crippen molar-refractivity contribution < 1.29 is 37.1 Å². The number of primary amides is 1. The number of carbonyl (C=O) groups excluding carboxylic acids is 3. The fourth-order valence-corrected chi connectivity index (χ4v) is 6.37. The van der Waals surface area contributed by atoms with E-state index in [0.29, 0.717) is 41.4 Å². The third-order valence-electron chi connectivity index (χ3n) is 9.39. The molecule has 3 amide bonds. The minimum atomic E-state index is -2.64. The number of hydrogen-bond acceptors (Lipinski definition) is 6. The van der Waals surface area contributed by atoms with E-state index < -0.39 is 17.8 Å². The van der Waals surface area contributed by atoms with Crippen molar-refractivity contribution in [3.8, 4) is 0 Å². The molecule has 9 nitrogen and oxygen atoms in total. The zero-order chi connectivity index (χ0) is 40.3. The molecule has 5 N–H and O–H groups in total. The molecule has 0 saturated heterocycles. The van der Waals surface area contributed by atoms with E-state index in [1.54, 1.807) is 31.2 Å². The van der Waals surface area contributed by atoms with Crippen LogP contribution < -0.4 is 16.4 Å². The lowest BCUT2D eigenvalue weighted by Crippen LogP contribution is -2.36. The molecule has 0 aliphatic heterocycles. The summed E-state index contributed by atoms with van der Waals surface area (Å²) in [5.74, 6) is -6.40. The van der Waals surface area contributed by atoms with Crippen molar-refractivity contribution in [2.45, 2.75) is 103 Å². The third-order valence-corrected chi connectivity index (χ3v) is 9.39. The second-order valence-corrected chi connectivity index (χ2v) is 13.6. The van der Waals surface area contributed by atoms with Gasteiger partial charge in [0.25, 0.3) is 23.7 Å². The fourth-order valence-electron chi connectivity index (χ4n) is 6.37. The van der Waals surface area contributed by atoms with Crippen molar-refractivity contribution in [3.05, 3.63) is 95.3 Å². The Balaban J connectivity index is 0.000000234. The lowest BCUT2D eigenvalue weighted by atomic mass is 9.90. The summed E-state index contributed by atoms with van der Waals surface area (Å²) in [4.78, 5) is 44.4. The van der Waals surface area contributed by atoms with E-state index in [-0.39, 0.29) is 62.6 Å². The van der Waals surface area contributed by atoms with E-state index in [0.717, 1.165) is 33.0 Å². The average molecular weight is 764 g/mol. The van der Waals surface area contributed by atoms with E-state index in [1.165, 1.54) is 12.4 Å². The molecular weight excluding hydrogens is 714 g/mol. The van der Waals surface area contributed by atoms with Crippen molar-refractivity contribution in [1.29, 1.82) is 0 Å². The minimum absolute atomic E-state index is 0.0513. The summed E-state index contributed by atoms with van der Waals surface area (Å²) in [6.07, 6.45) is 6.55. The SMILES string of the molecule is CC.CC(CC(N)=O)NC(=O)c1cnc2c(C3=CCC(F)(F)CC3)cccc2c1.CCC(CO)NC(=O)c1cnc2c(C3=CCC(F)(F)CC3)cccc2c1. The zero-order valence-corrected chi connectivity index (χ0v) is 31.6. The number of nitrogens with two attached hydrogens (primary N) is 1. The van der Waals surface area contributed by atoms with Gasteiger partial charge in [-0.25, -0.2) is 17.6 Å². The van der Waals surface area contributed by atoms with Crippen LogP contribution in [0.3, 0.4) is 0 Å². The van der Waals surface area contributed by atoms with Gasteiger partial charge in [0.15, 0.2) is 0 Å². The summed E-state index contributed by atoms with van der Waals surface area (Å²) in [7, 11) is 0. The number of nitrogens with zero attached hydrogens (tertiary/aromatic N) is 2. The zero-order valence-electron chi connectivity index (χ0n) is 31.6. The van der Waals surface area contributed by atoms with E-state index in [1.807, 2.05) is 57.2 Å². The molecule has 0 saturated carbocycles. The molecule has 2 atom stereocenters. The first kappa shape index (κ1) is 42.6. The topological polar surface area (TPSA) is 147 Å². The summed E-state index contributed by atoms with van der Waals surface area (Å²) >= 11 is 0. The highest BCUT2D eigenvalue weighted by Gasteiger charge is 2.32. The quantitative estimate of drug-likeness (QED) is 0.119. The number of alkyl halides is 4. The van der Waals surface area contributed by atoms with Gasteiger partial charge < -0.3 is 21.5 Å². The number of aliphatic hydroxyl groups excluding tert-OH is 1. The van der Waals surface area contributed by atoms with Crippen molar-refractivity contribution in [3.63, 3.8) is 0 Å². The van der Waals surface area contributed by atoms with Crippen LogP contribution in [-0.4, -0.2) is 63.3 Å². The number of aromatic nitrogens is 2. The van der Waals surface area contributed by atoms with Gasteiger partial charge in [0.1, 0.15) is 0 Å². The lowest BCUT2D eigenvalue weighted by Gasteiger charge is -2.22. The molecule has 2 aliphatic rings. The van der Waals surface area contributed by atoms with Crippen LogP contribution in [0.2, 0.25) is 0 Å². The number of nitrogens with one attached hydrogen (secondary N) is 2. The molecule has 294 valence electrons. The van der Waals surface area contributed by atoms with Crippen LogP contribution in [0.1, 0.15) is 111 Å². The smallest absolute Gasteiger partial charge is 0.253 e. The number of pyridine rings is 2. The summed E-state index contributed by atoms with van der Waals surface area (Å²) < 4.78 is 53.6. The summed E-state index contributed by atoms with van der Waals surface area (Å²) in [6.45, 7) is 7.46. The second-order valence-electron chi connectivity index (χ2n) is 13.6. The molecule has 2 heterocycles. The molecule has 0 radical (unpaired) electrons. The highest BCUT2D eigenvalue weighted by atomic mass is 19.3. The Kier molecular flexibility index (Phi) is 14.6. The van der Waals surface area contributed by atoms with Crippen LogP contribution in [0.25, 0.3) is 33.0 Å². The molecule has 4 aromatic rings. The number of benzene rings is 2. The van der Waals surface area contributed by atoms with Crippen LogP contribution in [0.4, 0.5) is 17.6 Å². The number of rotatable bonds is 10. The van der Waals surface area contributed by atoms with E-state index in [2.05, 4.69) is 20.6 Å². The highest BCUT2D eigenvalue weighted by Crippen LogP contribution is 2.39. The van der Waals surface area contributed by atoms with Gasteiger partial charge in [-0.05, 0) is 49.5 Å². The van der Waals surface area contributed by atoms with Crippen LogP contribution in [0.5, 0.6) is 0 Å². The van der Waals surface area contributed by atoms with Gasteiger partial charge in [-0.3, -0.25) is 24.4 Å². The first-order valence-corrected chi connectivity index (χ1v) is 18.6. The molecule has 0 bridgehead atoms. The molecule has 6 rings (SSSR count). The number of fused-ring (bicyclic) bond motifs is 2. The number of para-hydroxylation sites is 2.